The first-order chi connectivity index (χ1) is 9.66. The van der Waals surface area contributed by atoms with Crippen molar-refractivity contribution in [1.82, 2.24) is 0 Å². The number of halogens is 1. The lowest BCUT2D eigenvalue weighted by Gasteiger charge is -2.38. The Balaban J connectivity index is 1.75. The van der Waals surface area contributed by atoms with Crippen LogP contribution in [0, 0.1) is 23.7 Å². The Morgan fingerprint density at radius 2 is 1.40 bits per heavy atom. The molecule has 102 valence electrons. The second-order valence-corrected chi connectivity index (χ2v) is 6.27. The highest BCUT2D eigenvalue weighted by atomic mass is 35.5. The van der Waals surface area contributed by atoms with Gasteiger partial charge in [0, 0.05) is 5.02 Å². The van der Waals surface area contributed by atoms with Crippen LogP contribution >= 0.6 is 11.6 Å². The van der Waals surface area contributed by atoms with Gasteiger partial charge in [-0.1, -0.05) is 23.8 Å². The molecule has 4 aliphatic rings. The van der Waals surface area contributed by atoms with E-state index < -0.39 is 0 Å². The van der Waals surface area contributed by atoms with Crippen LogP contribution in [0.1, 0.15) is 12.8 Å². The van der Waals surface area contributed by atoms with Crippen molar-refractivity contribution in [3.8, 4) is 0 Å². The fraction of sp³-hybridized carbons (Fsp3) is 0.375. The number of allylic oxidation sites excluding steroid dienone is 2. The molecule has 1 saturated heterocycles. The van der Waals surface area contributed by atoms with Crippen LogP contribution in [0.25, 0.3) is 0 Å². The molecular formula is C16H14ClNO2. The molecule has 1 heterocycles. The van der Waals surface area contributed by atoms with E-state index in [0.29, 0.717) is 10.7 Å². The van der Waals surface area contributed by atoms with E-state index in [2.05, 4.69) is 12.2 Å². The lowest BCUT2D eigenvalue weighted by atomic mass is 9.63. The molecule has 3 nitrogen and oxygen atoms in total. The largest absolute Gasteiger partial charge is 0.274 e. The standard InChI is InChI=1S/C16H14ClNO2/c17-11-5-7-12(8-6-11)18-15(19)13-9-1-2-10(4-3-9)14(13)16(18)20/h1-2,5-10,13-14H,3-4H2. The lowest BCUT2D eigenvalue weighted by molar-refractivity contribution is -0.124. The van der Waals surface area contributed by atoms with E-state index in [1.165, 1.54) is 4.90 Å². The molecule has 4 atom stereocenters. The van der Waals surface area contributed by atoms with Crippen LogP contribution in [0.15, 0.2) is 36.4 Å². The van der Waals surface area contributed by atoms with Crippen molar-refractivity contribution in [1.29, 1.82) is 0 Å². The van der Waals surface area contributed by atoms with Crippen molar-refractivity contribution in [2.45, 2.75) is 12.8 Å². The van der Waals surface area contributed by atoms with Crippen LogP contribution in [-0.4, -0.2) is 11.8 Å². The van der Waals surface area contributed by atoms with Gasteiger partial charge in [-0.2, -0.15) is 0 Å². The van der Waals surface area contributed by atoms with E-state index >= 15 is 0 Å². The summed E-state index contributed by atoms with van der Waals surface area (Å²) in [6, 6.07) is 6.91. The number of imide groups is 1. The Bertz CT molecular complexity index is 590. The van der Waals surface area contributed by atoms with Gasteiger partial charge in [0.05, 0.1) is 17.5 Å². The first-order valence-corrected chi connectivity index (χ1v) is 7.36. The Morgan fingerprint density at radius 3 is 1.85 bits per heavy atom. The Morgan fingerprint density at radius 1 is 0.900 bits per heavy atom. The van der Waals surface area contributed by atoms with Gasteiger partial charge in [-0.15, -0.1) is 0 Å². The first kappa shape index (κ1) is 12.2. The van der Waals surface area contributed by atoms with Crippen LogP contribution in [0.2, 0.25) is 5.02 Å². The molecule has 3 aliphatic carbocycles. The minimum absolute atomic E-state index is 0.0404. The van der Waals surface area contributed by atoms with Crippen LogP contribution in [0.5, 0.6) is 0 Å². The third-order valence-corrected chi connectivity index (χ3v) is 5.10. The highest BCUT2D eigenvalue weighted by Gasteiger charge is 2.56. The van der Waals surface area contributed by atoms with E-state index in [-0.39, 0.29) is 35.5 Å². The van der Waals surface area contributed by atoms with Crippen LogP contribution in [0.3, 0.4) is 0 Å². The predicted octanol–water partition coefficient (Wildman–Crippen LogP) is 3.04. The fourth-order valence-corrected chi connectivity index (χ4v) is 4.04. The quantitative estimate of drug-likeness (QED) is 0.588. The van der Waals surface area contributed by atoms with E-state index in [1.807, 2.05) is 0 Å². The summed E-state index contributed by atoms with van der Waals surface area (Å²) in [4.78, 5) is 26.7. The SMILES string of the molecule is O=C1C2C3C=CC(CC3)C2C(=O)N1c1ccc(Cl)cc1. The first-order valence-electron chi connectivity index (χ1n) is 6.98. The van der Waals surface area contributed by atoms with Crippen molar-refractivity contribution in [3.05, 3.63) is 41.4 Å². The predicted molar refractivity (Wildman–Crippen MR) is 76.3 cm³/mol. The summed E-state index contributed by atoms with van der Waals surface area (Å²) >= 11 is 5.87. The summed E-state index contributed by atoms with van der Waals surface area (Å²) < 4.78 is 0. The molecule has 4 heteroatoms. The summed E-state index contributed by atoms with van der Waals surface area (Å²) in [5.41, 5.74) is 0.637. The molecule has 2 fully saturated rings. The number of amides is 2. The number of fused-ring (bicyclic) bond motifs is 1. The van der Waals surface area contributed by atoms with E-state index in [1.54, 1.807) is 24.3 Å². The molecule has 1 saturated carbocycles. The molecular weight excluding hydrogens is 274 g/mol. The maximum absolute atomic E-state index is 12.7. The highest BCUT2D eigenvalue weighted by molar-refractivity contribution is 6.30. The third-order valence-electron chi connectivity index (χ3n) is 4.84. The molecule has 4 unspecified atom stereocenters. The van der Waals surface area contributed by atoms with Crippen molar-refractivity contribution >= 4 is 29.1 Å². The number of hydrogen-bond donors (Lipinski definition) is 0. The van der Waals surface area contributed by atoms with Gasteiger partial charge in [0.25, 0.3) is 0 Å². The summed E-state index contributed by atoms with van der Waals surface area (Å²) in [7, 11) is 0. The smallest absolute Gasteiger partial charge is 0.238 e. The number of carbonyl (C=O) groups excluding carboxylic acids is 2. The van der Waals surface area contributed by atoms with Gasteiger partial charge in [-0.3, -0.25) is 14.5 Å². The lowest BCUT2D eigenvalue weighted by Crippen LogP contribution is -2.38. The zero-order valence-electron chi connectivity index (χ0n) is 10.8. The second kappa shape index (κ2) is 4.19. The molecule has 0 radical (unpaired) electrons. The molecule has 0 N–H and O–H groups in total. The van der Waals surface area contributed by atoms with Crippen molar-refractivity contribution in [2.24, 2.45) is 23.7 Å². The number of hydrogen-bond acceptors (Lipinski definition) is 2. The summed E-state index contributed by atoms with van der Waals surface area (Å²) in [5, 5.41) is 0.604. The van der Waals surface area contributed by atoms with Crippen LogP contribution in [-0.2, 0) is 9.59 Å². The zero-order chi connectivity index (χ0) is 13.9. The monoisotopic (exact) mass is 287 g/mol. The molecule has 2 amide bonds. The molecule has 20 heavy (non-hydrogen) atoms. The van der Waals surface area contributed by atoms with Crippen molar-refractivity contribution < 1.29 is 9.59 Å². The van der Waals surface area contributed by atoms with Gasteiger partial charge in [-0.05, 0) is 48.9 Å². The average molecular weight is 288 g/mol. The van der Waals surface area contributed by atoms with Crippen molar-refractivity contribution in [3.63, 3.8) is 0 Å². The van der Waals surface area contributed by atoms with E-state index in [0.717, 1.165) is 12.8 Å². The van der Waals surface area contributed by atoms with E-state index in [9.17, 15) is 9.59 Å². The number of anilines is 1. The highest BCUT2D eigenvalue weighted by Crippen LogP contribution is 2.50. The van der Waals surface area contributed by atoms with Crippen molar-refractivity contribution in [2.75, 3.05) is 4.90 Å². The van der Waals surface area contributed by atoms with Crippen LogP contribution in [0.4, 0.5) is 5.69 Å². The third kappa shape index (κ3) is 1.53. The number of rotatable bonds is 1. The average Bonchev–Trinajstić information content (AvgIpc) is 2.76. The molecule has 1 aromatic carbocycles. The maximum atomic E-state index is 12.7. The molecule has 1 aliphatic heterocycles. The second-order valence-electron chi connectivity index (χ2n) is 5.83. The number of nitrogens with zero attached hydrogens (tertiary/aromatic N) is 1. The van der Waals surface area contributed by atoms with Crippen LogP contribution < -0.4 is 4.90 Å². The number of carbonyl (C=O) groups is 2. The topological polar surface area (TPSA) is 37.4 Å². The minimum atomic E-state index is -0.151. The summed E-state index contributed by atoms with van der Waals surface area (Å²) in [5.74, 6) is 0.0871. The summed E-state index contributed by atoms with van der Waals surface area (Å²) in [6.45, 7) is 0. The Kier molecular flexibility index (Phi) is 2.55. The van der Waals surface area contributed by atoms with Gasteiger partial charge in [-0.25, -0.2) is 0 Å². The fourth-order valence-electron chi connectivity index (χ4n) is 3.92. The number of benzene rings is 1. The Labute approximate surface area is 122 Å². The molecule has 2 bridgehead atoms. The van der Waals surface area contributed by atoms with Gasteiger partial charge in [0.1, 0.15) is 0 Å². The molecule has 0 spiro atoms. The minimum Gasteiger partial charge on any atom is -0.274 e. The van der Waals surface area contributed by atoms with Gasteiger partial charge < -0.3 is 0 Å². The van der Waals surface area contributed by atoms with Gasteiger partial charge in [0.2, 0.25) is 11.8 Å². The van der Waals surface area contributed by atoms with Gasteiger partial charge in [0.15, 0.2) is 0 Å². The normalized spacial score (nSPS) is 34.8. The molecule has 5 rings (SSSR count). The zero-order valence-corrected chi connectivity index (χ0v) is 11.6. The molecule has 1 aromatic rings. The maximum Gasteiger partial charge on any atom is 0.238 e. The summed E-state index contributed by atoms with van der Waals surface area (Å²) in [6.07, 6.45) is 6.31. The van der Waals surface area contributed by atoms with E-state index in [4.69, 9.17) is 11.6 Å². The Hall–Kier alpha value is -1.61. The molecule has 0 aromatic heterocycles. The van der Waals surface area contributed by atoms with Gasteiger partial charge >= 0.3 is 0 Å².